The molecular formula is C22H21FN4O. The molecule has 0 radical (unpaired) electrons. The van der Waals surface area contributed by atoms with Crippen LogP contribution < -0.4 is 10.2 Å². The molecule has 5 nitrogen and oxygen atoms in total. The molecule has 6 heteroatoms. The number of halogens is 1. The average molecular weight is 376 g/mol. The van der Waals surface area contributed by atoms with Crippen LogP contribution >= 0.6 is 0 Å². The summed E-state index contributed by atoms with van der Waals surface area (Å²) < 4.78 is 13.8. The summed E-state index contributed by atoms with van der Waals surface area (Å²) in [4.78, 5) is 23.6. The second-order valence-corrected chi connectivity index (χ2v) is 6.82. The molecule has 3 aromatic rings. The first-order chi connectivity index (χ1) is 13.6. The molecule has 2 aromatic carbocycles. The Kier molecular flexibility index (Phi) is 5.02. The number of carbonyl (C=O) groups excluding carboxylic acids is 1. The minimum atomic E-state index is -0.276. The number of carbonyl (C=O) groups is 1. The van der Waals surface area contributed by atoms with Crippen LogP contribution in [-0.2, 0) is 13.0 Å². The lowest BCUT2D eigenvalue weighted by Crippen LogP contribution is -2.36. The molecule has 0 unspecified atom stereocenters. The van der Waals surface area contributed by atoms with E-state index in [1.165, 1.54) is 11.6 Å². The van der Waals surface area contributed by atoms with E-state index in [1.807, 2.05) is 18.2 Å². The Bertz CT molecular complexity index is 1020. The molecule has 1 N–H and O–H groups in total. The number of hydrogen-bond donors (Lipinski definition) is 1. The van der Waals surface area contributed by atoms with Crippen LogP contribution in [0.4, 0.5) is 15.9 Å². The van der Waals surface area contributed by atoms with Crippen molar-refractivity contribution in [2.24, 2.45) is 0 Å². The Labute approximate surface area is 163 Å². The number of nitrogens with one attached hydrogen (secondary N) is 1. The molecule has 0 saturated carbocycles. The monoisotopic (exact) mass is 376 g/mol. The van der Waals surface area contributed by atoms with Crippen molar-refractivity contribution in [1.82, 2.24) is 9.97 Å². The maximum atomic E-state index is 13.8. The molecule has 1 aromatic heterocycles. The van der Waals surface area contributed by atoms with Gasteiger partial charge in [-0.15, -0.1) is 0 Å². The summed E-state index contributed by atoms with van der Waals surface area (Å²) in [7, 11) is 0. The van der Waals surface area contributed by atoms with Gasteiger partial charge in [0.15, 0.2) is 0 Å². The number of para-hydroxylation sites is 1. The van der Waals surface area contributed by atoms with Crippen LogP contribution in [0.15, 0.2) is 54.6 Å². The van der Waals surface area contributed by atoms with Gasteiger partial charge in [0.25, 0.3) is 5.91 Å². The first kappa shape index (κ1) is 18.1. The Morgan fingerprint density at radius 3 is 2.79 bits per heavy atom. The molecule has 0 spiro atoms. The summed E-state index contributed by atoms with van der Waals surface area (Å²) in [6.45, 7) is 2.69. The van der Waals surface area contributed by atoms with Gasteiger partial charge < -0.3 is 10.2 Å². The Morgan fingerprint density at radius 1 is 1.14 bits per heavy atom. The van der Waals surface area contributed by atoms with E-state index < -0.39 is 0 Å². The lowest BCUT2D eigenvalue weighted by molar-refractivity contribution is 0.0980. The van der Waals surface area contributed by atoms with Gasteiger partial charge in [0.05, 0.1) is 0 Å². The largest absolute Gasteiger partial charge is 0.366 e. The minimum Gasteiger partial charge on any atom is -0.366 e. The summed E-state index contributed by atoms with van der Waals surface area (Å²) in [5, 5.41) is 3.10. The van der Waals surface area contributed by atoms with Crippen LogP contribution in [-0.4, -0.2) is 22.4 Å². The number of amides is 1. The molecule has 4 rings (SSSR count). The summed E-state index contributed by atoms with van der Waals surface area (Å²) in [5.41, 5.74) is 2.98. The fourth-order valence-electron chi connectivity index (χ4n) is 3.48. The van der Waals surface area contributed by atoms with E-state index in [1.54, 1.807) is 36.1 Å². The lowest BCUT2D eigenvalue weighted by atomic mass is 10.0. The van der Waals surface area contributed by atoms with E-state index >= 15 is 0 Å². The Balaban J connectivity index is 1.57. The number of rotatable bonds is 4. The molecule has 0 bridgehead atoms. The number of aryl methyl sites for hydroxylation is 2. The van der Waals surface area contributed by atoms with Crippen molar-refractivity contribution in [2.45, 2.75) is 26.3 Å². The number of aromatic nitrogens is 2. The maximum Gasteiger partial charge on any atom is 0.277 e. The van der Waals surface area contributed by atoms with Crippen LogP contribution in [0.3, 0.4) is 0 Å². The molecule has 1 aliphatic heterocycles. The third-order valence-electron chi connectivity index (χ3n) is 4.83. The molecule has 0 aliphatic carbocycles. The van der Waals surface area contributed by atoms with Gasteiger partial charge in [-0.3, -0.25) is 4.79 Å². The van der Waals surface area contributed by atoms with Crippen LogP contribution in [0.2, 0.25) is 0 Å². The fraction of sp³-hybridized carbons (Fsp3) is 0.227. The summed E-state index contributed by atoms with van der Waals surface area (Å²) in [6.07, 6.45) is 1.89. The maximum absolute atomic E-state index is 13.8. The molecule has 0 fully saturated rings. The van der Waals surface area contributed by atoms with E-state index in [0.29, 0.717) is 29.4 Å². The molecule has 0 saturated heterocycles. The second kappa shape index (κ2) is 7.76. The topological polar surface area (TPSA) is 58.1 Å². The van der Waals surface area contributed by atoms with Crippen molar-refractivity contribution in [1.29, 1.82) is 0 Å². The van der Waals surface area contributed by atoms with Crippen molar-refractivity contribution in [3.05, 3.63) is 83.1 Å². The predicted molar refractivity (Wildman–Crippen MR) is 107 cm³/mol. The van der Waals surface area contributed by atoms with Gasteiger partial charge in [-0.05, 0) is 37.5 Å². The highest BCUT2D eigenvalue weighted by atomic mass is 19.1. The highest BCUT2D eigenvalue weighted by molar-refractivity contribution is 6.05. The zero-order valence-corrected chi connectivity index (χ0v) is 15.7. The predicted octanol–water partition coefficient (Wildman–Crippen LogP) is 4.13. The van der Waals surface area contributed by atoms with Crippen LogP contribution in [0, 0.1) is 12.7 Å². The van der Waals surface area contributed by atoms with Gasteiger partial charge in [0.2, 0.25) is 0 Å². The standard InChI is InChI=1S/C22H21FN4O/c1-15-25-19(13-21(26-15)24-14-17-8-2-4-10-18(17)23)22(28)27-12-6-9-16-7-3-5-11-20(16)27/h2-5,7-8,10-11,13H,6,9,12,14H2,1H3,(H,24,25,26). The highest BCUT2D eigenvalue weighted by Crippen LogP contribution is 2.28. The van der Waals surface area contributed by atoms with Crippen LogP contribution in [0.25, 0.3) is 0 Å². The van der Waals surface area contributed by atoms with Gasteiger partial charge in [-0.25, -0.2) is 14.4 Å². The average Bonchev–Trinajstić information content (AvgIpc) is 2.72. The van der Waals surface area contributed by atoms with E-state index in [4.69, 9.17) is 0 Å². The SMILES string of the molecule is Cc1nc(NCc2ccccc2F)cc(C(=O)N2CCCc3ccccc32)n1. The molecule has 0 atom stereocenters. The van der Waals surface area contributed by atoms with Crippen molar-refractivity contribution in [3.8, 4) is 0 Å². The molecular weight excluding hydrogens is 355 g/mol. The van der Waals surface area contributed by atoms with Gasteiger partial charge >= 0.3 is 0 Å². The molecule has 2 heterocycles. The smallest absolute Gasteiger partial charge is 0.277 e. The highest BCUT2D eigenvalue weighted by Gasteiger charge is 2.24. The van der Waals surface area contributed by atoms with Gasteiger partial charge in [0, 0.05) is 30.4 Å². The summed E-state index contributed by atoms with van der Waals surface area (Å²) >= 11 is 0. The molecule has 28 heavy (non-hydrogen) atoms. The third kappa shape index (κ3) is 3.71. The molecule has 1 amide bonds. The van der Waals surface area contributed by atoms with E-state index in [9.17, 15) is 9.18 Å². The number of anilines is 2. The van der Waals surface area contributed by atoms with Gasteiger partial charge in [-0.2, -0.15) is 0 Å². The fourth-order valence-corrected chi connectivity index (χ4v) is 3.48. The molecule has 142 valence electrons. The summed E-state index contributed by atoms with van der Waals surface area (Å²) in [5.74, 6) is 0.574. The van der Waals surface area contributed by atoms with Gasteiger partial charge in [-0.1, -0.05) is 36.4 Å². The number of hydrogen-bond acceptors (Lipinski definition) is 4. The van der Waals surface area contributed by atoms with Crippen molar-refractivity contribution < 1.29 is 9.18 Å². The van der Waals surface area contributed by atoms with E-state index in [-0.39, 0.29) is 18.3 Å². The second-order valence-electron chi connectivity index (χ2n) is 6.82. The first-order valence-corrected chi connectivity index (χ1v) is 9.34. The quantitative estimate of drug-likeness (QED) is 0.744. The first-order valence-electron chi connectivity index (χ1n) is 9.34. The van der Waals surface area contributed by atoms with Crippen molar-refractivity contribution in [3.63, 3.8) is 0 Å². The zero-order chi connectivity index (χ0) is 19.5. The van der Waals surface area contributed by atoms with Crippen LogP contribution in [0.5, 0.6) is 0 Å². The molecule has 1 aliphatic rings. The third-order valence-corrected chi connectivity index (χ3v) is 4.83. The van der Waals surface area contributed by atoms with Gasteiger partial charge in [0.1, 0.15) is 23.2 Å². The normalized spacial score (nSPS) is 13.1. The number of benzene rings is 2. The van der Waals surface area contributed by atoms with E-state index in [0.717, 1.165) is 18.5 Å². The minimum absolute atomic E-state index is 0.147. The summed E-state index contributed by atoms with van der Waals surface area (Å²) in [6, 6.07) is 16.2. The lowest BCUT2D eigenvalue weighted by Gasteiger charge is -2.29. The van der Waals surface area contributed by atoms with Crippen LogP contribution in [0.1, 0.15) is 33.9 Å². The Morgan fingerprint density at radius 2 is 1.93 bits per heavy atom. The number of fused-ring (bicyclic) bond motifs is 1. The van der Waals surface area contributed by atoms with Crippen molar-refractivity contribution >= 4 is 17.4 Å². The zero-order valence-electron chi connectivity index (χ0n) is 15.7. The number of nitrogens with zero attached hydrogens (tertiary/aromatic N) is 3. The Hall–Kier alpha value is -3.28. The van der Waals surface area contributed by atoms with Crippen molar-refractivity contribution in [2.75, 3.05) is 16.8 Å². The van der Waals surface area contributed by atoms with E-state index in [2.05, 4.69) is 21.4 Å².